The van der Waals surface area contributed by atoms with Crippen molar-refractivity contribution in [1.29, 1.82) is 0 Å². The first-order valence-corrected chi connectivity index (χ1v) is 21.8. The number of benzene rings is 10. The lowest BCUT2D eigenvalue weighted by Crippen LogP contribution is -1.99. The van der Waals surface area contributed by atoms with Crippen molar-refractivity contribution in [2.75, 3.05) is 0 Å². The molecule has 298 valence electrons. The summed E-state index contributed by atoms with van der Waals surface area (Å²) in [6, 6.07) is 82.8. The molecule has 0 radical (unpaired) electrons. The smallest absolute Gasteiger partial charge is 0.160 e. The highest BCUT2D eigenvalue weighted by atomic mass is 15.0. The van der Waals surface area contributed by atoms with Gasteiger partial charge in [-0.3, -0.25) is 0 Å². The zero-order chi connectivity index (χ0) is 42.1. The zero-order valence-electron chi connectivity index (χ0n) is 34.7. The van der Waals surface area contributed by atoms with Gasteiger partial charge in [-0.15, -0.1) is 0 Å². The Morgan fingerprint density at radius 2 is 0.828 bits per heavy atom. The van der Waals surface area contributed by atoms with E-state index in [1.54, 1.807) is 0 Å². The fourth-order valence-electron chi connectivity index (χ4n) is 9.93. The van der Waals surface area contributed by atoms with E-state index in [2.05, 4.69) is 234 Å². The third kappa shape index (κ3) is 5.77. The van der Waals surface area contributed by atoms with Crippen LogP contribution in [0.5, 0.6) is 0 Å². The second-order valence-corrected chi connectivity index (χ2v) is 16.6. The van der Waals surface area contributed by atoms with Gasteiger partial charge in [0, 0.05) is 49.3 Å². The molecule has 4 heteroatoms. The van der Waals surface area contributed by atoms with Crippen LogP contribution in [0.25, 0.3) is 122 Å². The van der Waals surface area contributed by atoms with E-state index in [9.17, 15) is 0 Å². The summed E-state index contributed by atoms with van der Waals surface area (Å²) >= 11 is 0. The molecular weight excluding hydrogens is 777 g/mol. The van der Waals surface area contributed by atoms with Gasteiger partial charge in [0.2, 0.25) is 0 Å². The second-order valence-electron chi connectivity index (χ2n) is 16.6. The van der Waals surface area contributed by atoms with E-state index in [0.717, 1.165) is 61.4 Å². The van der Waals surface area contributed by atoms with Gasteiger partial charge in [-0.05, 0) is 81.9 Å². The molecule has 0 amide bonds. The van der Waals surface area contributed by atoms with Gasteiger partial charge < -0.3 is 9.13 Å². The number of aromatic nitrogens is 4. The highest BCUT2D eigenvalue weighted by Crippen LogP contribution is 2.42. The normalized spacial score (nSPS) is 11.8. The molecule has 0 unspecified atom stereocenters. The monoisotopic (exact) mass is 814 g/mol. The molecule has 13 rings (SSSR count). The van der Waals surface area contributed by atoms with E-state index >= 15 is 0 Å². The highest BCUT2D eigenvalue weighted by Gasteiger charge is 2.21. The summed E-state index contributed by atoms with van der Waals surface area (Å²) in [4.78, 5) is 10.6. The maximum atomic E-state index is 5.39. The Labute approximate surface area is 369 Å². The Kier molecular flexibility index (Phi) is 8.18. The van der Waals surface area contributed by atoms with Crippen molar-refractivity contribution in [2.45, 2.75) is 0 Å². The van der Waals surface area contributed by atoms with Crippen molar-refractivity contribution in [3.63, 3.8) is 0 Å². The van der Waals surface area contributed by atoms with Gasteiger partial charge in [0.15, 0.2) is 5.82 Å². The van der Waals surface area contributed by atoms with Crippen LogP contribution in [-0.4, -0.2) is 19.1 Å². The van der Waals surface area contributed by atoms with Gasteiger partial charge in [0.05, 0.1) is 39.1 Å². The molecule has 0 saturated heterocycles. The van der Waals surface area contributed by atoms with Crippen molar-refractivity contribution in [3.8, 4) is 56.4 Å². The van der Waals surface area contributed by atoms with Crippen molar-refractivity contribution in [2.24, 2.45) is 0 Å². The standard InChI is InChI=1S/C60H38N4/c1-3-17-41(18-4-1)53-37-54(62-60(61-53)42-32-30-40(31-33-42)47-27-15-20-39-16-7-9-23-46(39)47)44-34-43-19-8-10-24-48(43)57(35-44)64-56-29-14-12-26-50(56)52-36-51-49-25-11-13-28-55(49)63(58(51)38-59(52)64)45-21-5-2-6-22-45/h1-38H. The van der Waals surface area contributed by atoms with Crippen LogP contribution in [0.2, 0.25) is 0 Å². The van der Waals surface area contributed by atoms with Gasteiger partial charge in [0.1, 0.15) is 0 Å². The number of hydrogen-bond acceptors (Lipinski definition) is 2. The number of hydrogen-bond donors (Lipinski definition) is 0. The maximum Gasteiger partial charge on any atom is 0.160 e. The van der Waals surface area contributed by atoms with E-state index in [-0.39, 0.29) is 0 Å². The van der Waals surface area contributed by atoms with Crippen LogP contribution < -0.4 is 0 Å². The number of nitrogens with zero attached hydrogens (tertiary/aromatic N) is 4. The predicted octanol–water partition coefficient (Wildman–Crippen LogP) is 15.6. The molecular formula is C60H38N4. The molecule has 0 spiro atoms. The summed E-state index contributed by atoms with van der Waals surface area (Å²) in [7, 11) is 0. The van der Waals surface area contributed by atoms with Gasteiger partial charge in [-0.2, -0.15) is 0 Å². The van der Waals surface area contributed by atoms with E-state index in [1.165, 1.54) is 54.3 Å². The lowest BCUT2D eigenvalue weighted by molar-refractivity contribution is 1.17. The van der Waals surface area contributed by atoms with Crippen LogP contribution in [0.15, 0.2) is 231 Å². The molecule has 0 aliphatic heterocycles. The quantitative estimate of drug-likeness (QED) is 0.168. The summed E-state index contributed by atoms with van der Waals surface area (Å²) in [5, 5.41) is 9.68. The topological polar surface area (TPSA) is 35.6 Å². The Hall–Kier alpha value is -8.60. The summed E-state index contributed by atoms with van der Waals surface area (Å²) in [6.45, 7) is 0. The summed E-state index contributed by atoms with van der Waals surface area (Å²) in [5.41, 5.74) is 14.0. The number of para-hydroxylation sites is 3. The average molecular weight is 815 g/mol. The fourth-order valence-corrected chi connectivity index (χ4v) is 9.93. The zero-order valence-corrected chi connectivity index (χ0v) is 34.7. The lowest BCUT2D eigenvalue weighted by atomic mass is 9.97. The van der Waals surface area contributed by atoms with Crippen LogP contribution in [0.1, 0.15) is 0 Å². The minimum Gasteiger partial charge on any atom is -0.309 e. The minimum absolute atomic E-state index is 0.684. The molecule has 13 aromatic rings. The van der Waals surface area contributed by atoms with Crippen LogP contribution in [0.3, 0.4) is 0 Å². The van der Waals surface area contributed by atoms with Crippen molar-refractivity contribution in [1.82, 2.24) is 19.1 Å². The van der Waals surface area contributed by atoms with Gasteiger partial charge in [0.25, 0.3) is 0 Å². The van der Waals surface area contributed by atoms with E-state index in [4.69, 9.17) is 9.97 Å². The molecule has 0 atom stereocenters. The Morgan fingerprint density at radius 3 is 1.56 bits per heavy atom. The maximum absolute atomic E-state index is 5.39. The Balaban J connectivity index is 1.04. The van der Waals surface area contributed by atoms with Crippen LogP contribution in [0, 0.1) is 0 Å². The van der Waals surface area contributed by atoms with Gasteiger partial charge >= 0.3 is 0 Å². The Bertz CT molecular complexity index is 3930. The van der Waals surface area contributed by atoms with Gasteiger partial charge in [-0.1, -0.05) is 176 Å². The van der Waals surface area contributed by atoms with E-state index in [0.29, 0.717) is 5.82 Å². The minimum atomic E-state index is 0.684. The summed E-state index contributed by atoms with van der Waals surface area (Å²) in [5.74, 6) is 0.684. The first-order valence-electron chi connectivity index (χ1n) is 21.8. The molecule has 0 N–H and O–H groups in total. The largest absolute Gasteiger partial charge is 0.309 e. The van der Waals surface area contributed by atoms with E-state index in [1.807, 2.05) is 6.07 Å². The molecule has 0 bridgehead atoms. The molecule has 10 aromatic carbocycles. The van der Waals surface area contributed by atoms with Crippen LogP contribution in [0.4, 0.5) is 0 Å². The first-order chi connectivity index (χ1) is 31.7. The number of rotatable bonds is 6. The Morgan fingerprint density at radius 1 is 0.281 bits per heavy atom. The fraction of sp³-hybridized carbons (Fsp3) is 0. The lowest BCUT2D eigenvalue weighted by Gasteiger charge is -2.16. The SMILES string of the molecule is c1ccc(-c2cc(-c3cc(-n4c5ccccc5c5cc6c7ccccc7n(-c7ccccc7)c6cc54)c4ccccc4c3)nc(-c3ccc(-c4cccc5ccccc45)cc3)n2)cc1. The summed E-state index contributed by atoms with van der Waals surface area (Å²) < 4.78 is 4.87. The average Bonchev–Trinajstić information content (AvgIpc) is 3.87. The van der Waals surface area contributed by atoms with Gasteiger partial charge in [-0.25, -0.2) is 9.97 Å². The van der Waals surface area contributed by atoms with Crippen molar-refractivity contribution >= 4 is 65.2 Å². The predicted molar refractivity (Wildman–Crippen MR) is 267 cm³/mol. The van der Waals surface area contributed by atoms with E-state index < -0.39 is 0 Å². The third-order valence-electron chi connectivity index (χ3n) is 12.9. The third-order valence-corrected chi connectivity index (χ3v) is 12.9. The van der Waals surface area contributed by atoms with Crippen LogP contribution in [-0.2, 0) is 0 Å². The molecule has 0 aliphatic rings. The summed E-state index contributed by atoms with van der Waals surface area (Å²) in [6.07, 6.45) is 0. The molecule has 3 heterocycles. The number of fused-ring (bicyclic) bond motifs is 8. The van der Waals surface area contributed by atoms with Crippen molar-refractivity contribution in [3.05, 3.63) is 231 Å². The molecule has 0 aliphatic carbocycles. The first kappa shape index (κ1) is 36.1. The van der Waals surface area contributed by atoms with Crippen LogP contribution >= 0.6 is 0 Å². The molecule has 4 nitrogen and oxygen atoms in total. The molecule has 0 fully saturated rings. The molecule has 0 saturated carbocycles. The molecule has 3 aromatic heterocycles. The molecule has 64 heavy (non-hydrogen) atoms. The van der Waals surface area contributed by atoms with Crippen molar-refractivity contribution < 1.29 is 0 Å². The second kappa shape index (κ2) is 14.5. The highest BCUT2D eigenvalue weighted by molar-refractivity contribution is 6.19.